The average molecular weight is 455 g/mol. The second kappa shape index (κ2) is 9.11. The van der Waals surface area contributed by atoms with E-state index >= 15 is 0 Å². The van der Waals surface area contributed by atoms with Gasteiger partial charge in [-0.1, -0.05) is 23.7 Å². The zero-order valence-corrected chi connectivity index (χ0v) is 17.7. The Hall–Kier alpha value is -2.49. The number of amides is 1. The molecule has 3 rings (SSSR count). The molecule has 1 fully saturated rings. The van der Waals surface area contributed by atoms with E-state index in [1.807, 2.05) is 0 Å². The Morgan fingerprint density at radius 3 is 2.47 bits per heavy atom. The first-order valence-electron chi connectivity index (χ1n) is 9.17. The summed E-state index contributed by atoms with van der Waals surface area (Å²) in [4.78, 5) is 24.3. The molecule has 1 aliphatic heterocycles. The largest absolute Gasteiger partial charge is 0.465 e. The van der Waals surface area contributed by atoms with E-state index in [2.05, 4.69) is 10.1 Å². The van der Waals surface area contributed by atoms with Crippen molar-refractivity contribution in [2.24, 2.45) is 5.92 Å². The molecule has 30 heavy (non-hydrogen) atoms. The first-order valence-corrected chi connectivity index (χ1v) is 11.0. The van der Waals surface area contributed by atoms with Gasteiger partial charge in [0.2, 0.25) is 15.9 Å². The fraction of sp³-hybridized carbons (Fsp3) is 0.300. The van der Waals surface area contributed by atoms with Crippen LogP contribution in [0.1, 0.15) is 23.2 Å². The van der Waals surface area contributed by atoms with Crippen molar-refractivity contribution < 1.29 is 27.1 Å². The highest BCUT2D eigenvalue weighted by molar-refractivity contribution is 7.89. The van der Waals surface area contributed by atoms with Crippen molar-refractivity contribution in [3.8, 4) is 0 Å². The van der Waals surface area contributed by atoms with Crippen LogP contribution in [-0.4, -0.2) is 44.8 Å². The Kier molecular flexibility index (Phi) is 6.74. The monoisotopic (exact) mass is 454 g/mol. The number of hydrogen-bond acceptors (Lipinski definition) is 5. The summed E-state index contributed by atoms with van der Waals surface area (Å²) in [5.41, 5.74) is 0.335. The fourth-order valence-corrected chi connectivity index (χ4v) is 5.12. The number of carbonyl (C=O) groups excluding carboxylic acids is 2. The van der Waals surface area contributed by atoms with Gasteiger partial charge in [0.05, 0.1) is 22.6 Å². The van der Waals surface area contributed by atoms with Gasteiger partial charge in [-0.25, -0.2) is 17.6 Å². The van der Waals surface area contributed by atoms with Crippen LogP contribution in [-0.2, 0) is 19.6 Å². The number of anilines is 1. The highest BCUT2D eigenvalue weighted by Gasteiger charge is 2.34. The quantitative estimate of drug-likeness (QED) is 0.700. The lowest BCUT2D eigenvalue weighted by molar-refractivity contribution is -0.120. The summed E-state index contributed by atoms with van der Waals surface area (Å²) in [6, 6.07) is 9.73. The predicted octanol–water partition coefficient (Wildman–Crippen LogP) is 3.31. The molecule has 0 aromatic heterocycles. The minimum atomic E-state index is -3.92. The van der Waals surface area contributed by atoms with Crippen molar-refractivity contribution in [1.82, 2.24) is 4.31 Å². The number of carbonyl (C=O) groups is 2. The lowest BCUT2D eigenvalue weighted by Gasteiger charge is -2.31. The molecule has 1 amide bonds. The van der Waals surface area contributed by atoms with Crippen molar-refractivity contribution in [3.05, 3.63) is 58.9 Å². The van der Waals surface area contributed by atoms with Gasteiger partial charge in [-0.15, -0.1) is 0 Å². The maximum Gasteiger partial charge on any atom is 0.339 e. The topological polar surface area (TPSA) is 92.8 Å². The summed E-state index contributed by atoms with van der Waals surface area (Å²) in [5, 5.41) is 2.58. The number of nitrogens with one attached hydrogen (secondary N) is 1. The Balaban J connectivity index is 1.68. The number of rotatable bonds is 5. The van der Waals surface area contributed by atoms with Gasteiger partial charge in [0, 0.05) is 24.7 Å². The smallest absolute Gasteiger partial charge is 0.339 e. The molecule has 1 heterocycles. The second-order valence-electron chi connectivity index (χ2n) is 6.78. The molecule has 0 aliphatic carbocycles. The summed E-state index contributed by atoms with van der Waals surface area (Å²) in [6.45, 7) is 0.250. The highest BCUT2D eigenvalue weighted by Crippen LogP contribution is 2.27. The second-order valence-corrected chi connectivity index (χ2v) is 9.10. The number of methoxy groups -OCH3 is 1. The molecular formula is C20H20ClFN2O5S. The van der Waals surface area contributed by atoms with E-state index in [0.29, 0.717) is 18.5 Å². The van der Waals surface area contributed by atoms with Gasteiger partial charge in [-0.2, -0.15) is 4.31 Å². The summed E-state index contributed by atoms with van der Waals surface area (Å²) < 4.78 is 45.2. The molecule has 0 unspecified atom stereocenters. The first kappa shape index (κ1) is 22.2. The van der Waals surface area contributed by atoms with Crippen LogP contribution < -0.4 is 5.32 Å². The Bertz CT molecular complexity index is 1070. The molecule has 1 N–H and O–H groups in total. The molecular weight excluding hydrogens is 435 g/mol. The summed E-state index contributed by atoms with van der Waals surface area (Å²) in [5.74, 6) is -2.01. The van der Waals surface area contributed by atoms with E-state index in [9.17, 15) is 22.4 Å². The molecule has 0 radical (unpaired) electrons. The molecule has 0 atom stereocenters. The Morgan fingerprint density at radius 2 is 1.83 bits per heavy atom. The van der Waals surface area contributed by atoms with Crippen molar-refractivity contribution in [2.45, 2.75) is 17.7 Å². The lowest BCUT2D eigenvalue weighted by atomic mass is 9.97. The molecule has 10 heteroatoms. The van der Waals surface area contributed by atoms with E-state index in [0.717, 1.165) is 6.07 Å². The summed E-state index contributed by atoms with van der Waals surface area (Å²) >= 11 is 5.72. The molecule has 1 aliphatic rings. The number of esters is 1. The minimum absolute atomic E-state index is 0.0342. The predicted molar refractivity (Wildman–Crippen MR) is 109 cm³/mol. The van der Waals surface area contributed by atoms with Gasteiger partial charge < -0.3 is 10.1 Å². The zero-order valence-electron chi connectivity index (χ0n) is 16.1. The maximum absolute atomic E-state index is 13.3. The van der Waals surface area contributed by atoms with Crippen molar-refractivity contribution in [3.63, 3.8) is 0 Å². The third kappa shape index (κ3) is 4.63. The van der Waals surface area contributed by atoms with Gasteiger partial charge in [0.15, 0.2) is 0 Å². The SMILES string of the molecule is COC(=O)c1ccccc1S(=O)(=O)N1CCC(C(=O)Nc2ccc(F)c(Cl)c2)CC1. The van der Waals surface area contributed by atoms with Crippen LogP contribution in [0.15, 0.2) is 47.4 Å². The third-order valence-electron chi connectivity index (χ3n) is 4.92. The Morgan fingerprint density at radius 1 is 1.17 bits per heavy atom. The van der Waals surface area contributed by atoms with Gasteiger partial charge >= 0.3 is 5.97 Å². The average Bonchev–Trinajstić information content (AvgIpc) is 2.75. The number of benzene rings is 2. The molecule has 2 aromatic rings. The molecule has 0 bridgehead atoms. The van der Waals surface area contributed by atoms with E-state index in [-0.39, 0.29) is 34.5 Å². The van der Waals surface area contributed by atoms with Gasteiger partial charge in [-0.3, -0.25) is 4.79 Å². The molecule has 1 saturated heterocycles. The fourth-order valence-electron chi connectivity index (χ4n) is 3.29. The van der Waals surface area contributed by atoms with Crippen LogP contribution in [0.5, 0.6) is 0 Å². The van der Waals surface area contributed by atoms with Gasteiger partial charge in [0.25, 0.3) is 0 Å². The Labute approximate surface area is 178 Å². The van der Waals surface area contributed by atoms with Crippen LogP contribution in [0.3, 0.4) is 0 Å². The van der Waals surface area contributed by atoms with E-state index < -0.39 is 27.7 Å². The number of ether oxygens (including phenoxy) is 1. The number of piperidine rings is 1. The van der Waals surface area contributed by atoms with Crippen molar-refractivity contribution in [1.29, 1.82) is 0 Å². The normalized spacial score (nSPS) is 15.6. The van der Waals surface area contributed by atoms with Crippen LogP contribution in [0.2, 0.25) is 5.02 Å². The van der Waals surface area contributed by atoms with Crippen LogP contribution >= 0.6 is 11.6 Å². The van der Waals surface area contributed by atoms with E-state index in [1.165, 1.54) is 41.7 Å². The van der Waals surface area contributed by atoms with E-state index in [4.69, 9.17) is 11.6 Å². The highest BCUT2D eigenvalue weighted by atomic mass is 35.5. The first-order chi connectivity index (χ1) is 14.2. The molecule has 0 saturated carbocycles. The van der Waals surface area contributed by atoms with Gasteiger partial charge in [-0.05, 0) is 43.2 Å². The minimum Gasteiger partial charge on any atom is -0.465 e. The number of halogens is 2. The maximum atomic E-state index is 13.3. The van der Waals surface area contributed by atoms with Crippen LogP contribution in [0.4, 0.5) is 10.1 Å². The van der Waals surface area contributed by atoms with Gasteiger partial charge in [0.1, 0.15) is 5.82 Å². The standard InChI is InChI=1S/C20H20ClFN2O5S/c1-29-20(26)15-4-2-3-5-18(15)30(27,28)24-10-8-13(9-11-24)19(25)23-14-6-7-17(22)16(21)12-14/h2-7,12-13H,8-11H2,1H3,(H,23,25). The number of sulfonamides is 1. The van der Waals surface area contributed by atoms with Crippen LogP contribution in [0, 0.1) is 11.7 Å². The van der Waals surface area contributed by atoms with Crippen LogP contribution in [0.25, 0.3) is 0 Å². The number of nitrogens with zero attached hydrogens (tertiary/aromatic N) is 1. The lowest BCUT2D eigenvalue weighted by Crippen LogP contribution is -2.41. The zero-order chi connectivity index (χ0) is 21.9. The number of hydrogen-bond donors (Lipinski definition) is 1. The summed E-state index contributed by atoms with van der Waals surface area (Å²) in [7, 11) is -2.74. The van der Waals surface area contributed by atoms with Crippen molar-refractivity contribution >= 4 is 39.2 Å². The molecule has 7 nitrogen and oxygen atoms in total. The molecule has 160 valence electrons. The van der Waals surface area contributed by atoms with Crippen molar-refractivity contribution in [2.75, 3.05) is 25.5 Å². The summed E-state index contributed by atoms with van der Waals surface area (Å²) in [6.07, 6.45) is 0.612. The van der Waals surface area contributed by atoms with E-state index in [1.54, 1.807) is 6.07 Å². The molecule has 2 aromatic carbocycles. The molecule has 0 spiro atoms. The third-order valence-corrected chi connectivity index (χ3v) is 7.17.